The number of aliphatic hydroxyl groups is 1. The maximum Gasteiger partial charge on any atom is 0.0431 e. The molecule has 3 nitrogen and oxygen atoms in total. The SMILES string of the molecule is CC(C)NCC1(CN(C)CCCCCO)CCCCCC1. The minimum absolute atomic E-state index is 0.339. The normalized spacial score (nSPS) is 19.1. The average Bonchev–Trinajstić information content (AvgIpc) is 2.68. The van der Waals surface area contributed by atoms with E-state index in [1.165, 1.54) is 64.6 Å². The number of nitrogens with one attached hydrogen (secondary N) is 1. The van der Waals surface area contributed by atoms with Crippen molar-refractivity contribution in [1.82, 2.24) is 10.2 Å². The van der Waals surface area contributed by atoms with Crippen LogP contribution in [0, 0.1) is 5.41 Å². The van der Waals surface area contributed by atoms with Crippen molar-refractivity contribution in [3.8, 4) is 0 Å². The summed E-state index contributed by atoms with van der Waals surface area (Å²) < 4.78 is 0. The van der Waals surface area contributed by atoms with Gasteiger partial charge in [0.15, 0.2) is 0 Å². The molecule has 1 fully saturated rings. The predicted octanol–water partition coefficient (Wildman–Crippen LogP) is 3.42. The molecule has 1 saturated carbocycles. The monoisotopic (exact) mass is 298 g/mol. The molecular weight excluding hydrogens is 260 g/mol. The summed E-state index contributed by atoms with van der Waals surface area (Å²) in [6.07, 6.45) is 11.7. The summed E-state index contributed by atoms with van der Waals surface area (Å²) in [5, 5.41) is 12.6. The van der Waals surface area contributed by atoms with Crippen LogP contribution in [0.1, 0.15) is 71.6 Å². The van der Waals surface area contributed by atoms with Crippen LogP contribution < -0.4 is 5.32 Å². The van der Waals surface area contributed by atoms with Gasteiger partial charge in [-0.15, -0.1) is 0 Å². The highest BCUT2D eigenvalue weighted by molar-refractivity contribution is 4.87. The van der Waals surface area contributed by atoms with Gasteiger partial charge in [-0.1, -0.05) is 39.5 Å². The second-order valence-electron chi connectivity index (χ2n) is 7.47. The largest absolute Gasteiger partial charge is 0.396 e. The van der Waals surface area contributed by atoms with Gasteiger partial charge in [0.1, 0.15) is 0 Å². The molecule has 0 radical (unpaired) electrons. The minimum Gasteiger partial charge on any atom is -0.396 e. The first-order chi connectivity index (χ1) is 10.1. The van der Waals surface area contributed by atoms with E-state index in [1.807, 2.05) is 0 Å². The van der Waals surface area contributed by atoms with Crippen LogP contribution in [0.5, 0.6) is 0 Å². The summed E-state index contributed by atoms with van der Waals surface area (Å²) in [7, 11) is 2.28. The van der Waals surface area contributed by atoms with E-state index in [0.29, 0.717) is 18.1 Å². The van der Waals surface area contributed by atoms with Crippen molar-refractivity contribution in [2.45, 2.75) is 77.7 Å². The first-order valence-corrected chi connectivity index (χ1v) is 9.11. The molecule has 0 bridgehead atoms. The van der Waals surface area contributed by atoms with Gasteiger partial charge in [0.2, 0.25) is 0 Å². The molecule has 0 aromatic heterocycles. The standard InChI is InChI=1S/C18H38N2O/c1-17(2)19-15-18(11-7-4-5-8-12-18)16-20(3)13-9-6-10-14-21/h17,19,21H,4-16H2,1-3H3. The highest BCUT2D eigenvalue weighted by Gasteiger charge is 2.31. The molecule has 0 atom stereocenters. The Morgan fingerprint density at radius 3 is 2.29 bits per heavy atom. The molecule has 0 unspecified atom stereocenters. The van der Waals surface area contributed by atoms with Gasteiger partial charge in [0.05, 0.1) is 0 Å². The van der Waals surface area contributed by atoms with E-state index < -0.39 is 0 Å². The lowest BCUT2D eigenvalue weighted by Gasteiger charge is -2.37. The third-order valence-electron chi connectivity index (χ3n) is 4.85. The second-order valence-corrected chi connectivity index (χ2v) is 7.47. The lowest BCUT2D eigenvalue weighted by atomic mass is 9.79. The van der Waals surface area contributed by atoms with Gasteiger partial charge in [-0.3, -0.25) is 0 Å². The molecule has 0 spiro atoms. The van der Waals surface area contributed by atoms with E-state index >= 15 is 0 Å². The Kier molecular flexibility index (Phi) is 9.54. The van der Waals surface area contributed by atoms with E-state index in [-0.39, 0.29) is 0 Å². The van der Waals surface area contributed by atoms with Gasteiger partial charge < -0.3 is 15.3 Å². The van der Waals surface area contributed by atoms with Crippen molar-refractivity contribution in [1.29, 1.82) is 0 Å². The quantitative estimate of drug-likeness (QED) is 0.479. The van der Waals surface area contributed by atoms with Crippen LogP contribution in [0.3, 0.4) is 0 Å². The number of hydrogen-bond donors (Lipinski definition) is 2. The van der Waals surface area contributed by atoms with Gasteiger partial charge in [-0.2, -0.15) is 0 Å². The van der Waals surface area contributed by atoms with Crippen LogP contribution in [0.2, 0.25) is 0 Å². The van der Waals surface area contributed by atoms with Crippen molar-refractivity contribution in [2.75, 3.05) is 33.3 Å². The molecule has 21 heavy (non-hydrogen) atoms. The summed E-state index contributed by atoms with van der Waals surface area (Å²) in [5.41, 5.74) is 0.479. The van der Waals surface area contributed by atoms with Gasteiger partial charge in [-0.05, 0) is 51.1 Å². The molecule has 3 heteroatoms. The smallest absolute Gasteiger partial charge is 0.0431 e. The predicted molar refractivity (Wildman–Crippen MR) is 91.7 cm³/mol. The Labute approximate surface area is 132 Å². The molecule has 0 aromatic rings. The molecule has 0 amide bonds. The van der Waals surface area contributed by atoms with Gasteiger partial charge in [0, 0.05) is 25.7 Å². The average molecular weight is 299 g/mol. The summed E-state index contributed by atoms with van der Waals surface area (Å²) in [5.74, 6) is 0. The minimum atomic E-state index is 0.339. The lowest BCUT2D eigenvalue weighted by molar-refractivity contribution is 0.141. The summed E-state index contributed by atoms with van der Waals surface area (Å²) in [6.45, 7) is 8.42. The Bertz CT molecular complexity index is 248. The van der Waals surface area contributed by atoms with E-state index in [0.717, 1.165) is 12.8 Å². The Balaban J connectivity index is 2.46. The fourth-order valence-corrected chi connectivity index (χ4v) is 3.61. The van der Waals surface area contributed by atoms with Gasteiger partial charge in [0.25, 0.3) is 0 Å². The molecule has 2 N–H and O–H groups in total. The highest BCUT2D eigenvalue weighted by Crippen LogP contribution is 2.35. The van der Waals surface area contributed by atoms with Crippen LogP contribution in [-0.4, -0.2) is 49.3 Å². The third-order valence-corrected chi connectivity index (χ3v) is 4.85. The molecule has 1 rings (SSSR count). The Morgan fingerprint density at radius 2 is 1.71 bits per heavy atom. The number of aliphatic hydroxyl groups excluding tert-OH is 1. The highest BCUT2D eigenvalue weighted by atomic mass is 16.2. The molecule has 0 saturated heterocycles. The van der Waals surface area contributed by atoms with E-state index in [9.17, 15) is 0 Å². The lowest BCUT2D eigenvalue weighted by Crippen LogP contribution is -2.44. The number of nitrogens with zero attached hydrogens (tertiary/aromatic N) is 1. The molecule has 0 heterocycles. The third kappa shape index (κ3) is 8.18. The van der Waals surface area contributed by atoms with Crippen LogP contribution in [0.15, 0.2) is 0 Å². The zero-order chi connectivity index (χ0) is 15.6. The van der Waals surface area contributed by atoms with Gasteiger partial charge >= 0.3 is 0 Å². The molecule has 1 aliphatic rings. The molecule has 0 aliphatic heterocycles. The van der Waals surface area contributed by atoms with Crippen LogP contribution in [0.25, 0.3) is 0 Å². The zero-order valence-electron chi connectivity index (χ0n) is 14.7. The zero-order valence-corrected chi connectivity index (χ0v) is 14.7. The van der Waals surface area contributed by atoms with Crippen LogP contribution in [0.4, 0.5) is 0 Å². The maximum absolute atomic E-state index is 8.86. The summed E-state index contributed by atoms with van der Waals surface area (Å²) in [4.78, 5) is 2.53. The molecule has 126 valence electrons. The van der Waals surface area contributed by atoms with Crippen LogP contribution in [-0.2, 0) is 0 Å². The summed E-state index contributed by atoms with van der Waals surface area (Å²) >= 11 is 0. The van der Waals surface area contributed by atoms with E-state index in [4.69, 9.17) is 5.11 Å². The molecule has 0 aromatic carbocycles. The fourth-order valence-electron chi connectivity index (χ4n) is 3.61. The number of rotatable bonds is 10. The second kappa shape index (κ2) is 10.6. The van der Waals surface area contributed by atoms with Crippen molar-refractivity contribution in [3.05, 3.63) is 0 Å². The molecule has 1 aliphatic carbocycles. The first-order valence-electron chi connectivity index (χ1n) is 9.11. The Morgan fingerprint density at radius 1 is 1.05 bits per heavy atom. The fraction of sp³-hybridized carbons (Fsp3) is 1.00. The topological polar surface area (TPSA) is 35.5 Å². The van der Waals surface area contributed by atoms with E-state index in [1.54, 1.807) is 0 Å². The van der Waals surface area contributed by atoms with Crippen LogP contribution >= 0.6 is 0 Å². The summed E-state index contributed by atoms with van der Waals surface area (Å²) in [6, 6.07) is 0.583. The molecular formula is C18H38N2O. The first kappa shape index (κ1) is 18.9. The van der Waals surface area contributed by atoms with Crippen molar-refractivity contribution in [2.24, 2.45) is 5.41 Å². The number of unbranched alkanes of at least 4 members (excludes halogenated alkanes) is 2. The van der Waals surface area contributed by atoms with Crippen molar-refractivity contribution < 1.29 is 5.11 Å². The maximum atomic E-state index is 8.86. The van der Waals surface area contributed by atoms with Crippen molar-refractivity contribution >= 4 is 0 Å². The van der Waals surface area contributed by atoms with Gasteiger partial charge in [-0.25, -0.2) is 0 Å². The van der Waals surface area contributed by atoms with Crippen molar-refractivity contribution in [3.63, 3.8) is 0 Å². The Hall–Kier alpha value is -0.120. The number of hydrogen-bond acceptors (Lipinski definition) is 3. The van der Waals surface area contributed by atoms with E-state index in [2.05, 4.69) is 31.1 Å².